The van der Waals surface area contributed by atoms with Crippen molar-refractivity contribution in [2.24, 2.45) is 4.99 Å². The number of hydrogen-bond donors (Lipinski definition) is 3. The van der Waals surface area contributed by atoms with Gasteiger partial charge >= 0.3 is 5.97 Å². The van der Waals surface area contributed by atoms with Crippen molar-refractivity contribution < 1.29 is 27.9 Å². The van der Waals surface area contributed by atoms with E-state index in [4.69, 9.17) is 5.26 Å². The van der Waals surface area contributed by atoms with Crippen LogP contribution in [0.3, 0.4) is 0 Å². The number of nitrogens with one attached hydrogen (secondary N) is 2. The maximum absolute atomic E-state index is 13.6. The fourth-order valence-corrected chi connectivity index (χ4v) is 8.75. The lowest BCUT2D eigenvalue weighted by molar-refractivity contribution is -0.142. The predicted octanol–water partition coefficient (Wildman–Crippen LogP) is 3.11. The fraction of sp³-hybridized carbons (Fsp3) is 0.433. The maximum Gasteiger partial charge on any atom is 0.326 e. The third-order valence-corrected chi connectivity index (χ3v) is 10.5. The molecular formula is C30H37N5O6S2. The Labute approximate surface area is 256 Å². The van der Waals surface area contributed by atoms with Gasteiger partial charge in [0.05, 0.1) is 10.3 Å². The van der Waals surface area contributed by atoms with Crippen LogP contribution in [0.25, 0.3) is 0 Å². The molecule has 230 valence electrons. The third-order valence-electron chi connectivity index (χ3n) is 6.99. The number of rotatable bonds is 13. The number of nitriles is 1. The highest BCUT2D eigenvalue weighted by molar-refractivity contribution is 8.02. The monoisotopic (exact) mass is 627 g/mol. The molecule has 2 aromatic rings. The van der Waals surface area contributed by atoms with Crippen molar-refractivity contribution in [1.29, 1.82) is 5.26 Å². The molecule has 3 N–H and O–H groups in total. The van der Waals surface area contributed by atoms with E-state index >= 15 is 0 Å². The van der Waals surface area contributed by atoms with Gasteiger partial charge in [-0.3, -0.25) is 19.9 Å². The number of Topliss-reactive ketones (excluding diaryl/α,β-unsaturated/α-hetero) is 1. The summed E-state index contributed by atoms with van der Waals surface area (Å²) in [5, 5.41) is 22.9. The molecule has 1 heterocycles. The van der Waals surface area contributed by atoms with Gasteiger partial charge in [0.2, 0.25) is 15.9 Å². The molecule has 0 radical (unpaired) electrons. The van der Waals surface area contributed by atoms with Crippen LogP contribution in [-0.2, 0) is 37.2 Å². The van der Waals surface area contributed by atoms with E-state index in [1.54, 1.807) is 76.4 Å². The lowest BCUT2D eigenvalue weighted by Gasteiger charge is -2.31. The van der Waals surface area contributed by atoms with Crippen LogP contribution in [0, 0.1) is 11.5 Å². The number of thioether (sulfide) groups is 1. The largest absolute Gasteiger partial charge is 0.480 e. The lowest BCUT2D eigenvalue weighted by atomic mass is 9.99. The minimum absolute atomic E-state index is 0.0231. The van der Waals surface area contributed by atoms with Gasteiger partial charge < -0.3 is 10.4 Å². The number of carbonyl (C=O) groups is 3. The maximum atomic E-state index is 13.6. The Morgan fingerprint density at radius 2 is 1.74 bits per heavy atom. The van der Waals surface area contributed by atoms with Gasteiger partial charge in [0, 0.05) is 30.6 Å². The van der Waals surface area contributed by atoms with Crippen molar-refractivity contribution in [3.8, 4) is 6.19 Å². The molecule has 1 aliphatic rings. The van der Waals surface area contributed by atoms with E-state index in [9.17, 15) is 27.9 Å². The van der Waals surface area contributed by atoms with Crippen LogP contribution < -0.4 is 10.6 Å². The van der Waals surface area contributed by atoms with Crippen molar-refractivity contribution in [3.05, 3.63) is 65.7 Å². The standard InChI is InChI=1S/C30H37N5O6S2/c1-20(33-19-31)32-16-8-9-24(36)17-22-12-14-23(15-13-22)18-26(29(38)39)34-28(37)27-30(3,4)42-21(2)35(27)43(40,41)25-10-6-5-7-11-25/h5-7,10-15,21,26-27H,8-9,16-18H2,1-4H3,(H,32,33)(H,34,37)(H,38,39)/t21?,26?,27-/m1/s1. The van der Waals surface area contributed by atoms with Crippen molar-refractivity contribution in [3.63, 3.8) is 0 Å². The molecule has 0 saturated carbocycles. The minimum Gasteiger partial charge on any atom is -0.480 e. The van der Waals surface area contributed by atoms with Gasteiger partial charge in [-0.15, -0.1) is 11.8 Å². The molecule has 1 aliphatic heterocycles. The van der Waals surface area contributed by atoms with Crippen molar-refractivity contribution in [2.75, 3.05) is 6.54 Å². The average Bonchev–Trinajstić information content (AvgIpc) is 3.20. The molecule has 13 heteroatoms. The first-order valence-electron chi connectivity index (χ1n) is 13.8. The Morgan fingerprint density at radius 1 is 1.12 bits per heavy atom. The van der Waals surface area contributed by atoms with Crippen molar-refractivity contribution in [1.82, 2.24) is 14.9 Å². The van der Waals surface area contributed by atoms with E-state index in [0.717, 1.165) is 5.56 Å². The second kappa shape index (κ2) is 14.6. The van der Waals surface area contributed by atoms with E-state index in [1.807, 2.05) is 0 Å². The topological polar surface area (TPSA) is 169 Å². The molecule has 3 atom stereocenters. The number of ketones is 1. The Hall–Kier alpha value is -3.73. The molecular weight excluding hydrogens is 590 g/mol. The number of aliphatic imine (C=N–C) groups is 1. The van der Waals surface area contributed by atoms with Crippen LogP contribution in [0.15, 0.2) is 64.5 Å². The number of carbonyl (C=O) groups excluding carboxylic acids is 2. The van der Waals surface area contributed by atoms with Gasteiger partial charge in [-0.25, -0.2) is 13.2 Å². The third kappa shape index (κ3) is 8.89. The van der Waals surface area contributed by atoms with Crippen LogP contribution in [0.4, 0.5) is 0 Å². The van der Waals surface area contributed by atoms with E-state index in [0.29, 0.717) is 30.8 Å². The first-order valence-corrected chi connectivity index (χ1v) is 16.1. The van der Waals surface area contributed by atoms with Gasteiger partial charge in [-0.05, 0) is 57.4 Å². The number of carboxylic acids is 1. The summed E-state index contributed by atoms with van der Waals surface area (Å²) in [5.74, 6) is -1.40. The first kappa shape index (κ1) is 33.8. The molecule has 0 bridgehead atoms. The number of amides is 1. The number of sulfonamides is 1. The van der Waals surface area contributed by atoms with Crippen molar-refractivity contribution in [2.45, 2.75) is 80.5 Å². The van der Waals surface area contributed by atoms with Crippen LogP contribution in [0.5, 0.6) is 0 Å². The lowest BCUT2D eigenvalue weighted by Crippen LogP contribution is -2.57. The highest BCUT2D eigenvalue weighted by Crippen LogP contribution is 2.46. The molecule has 0 spiro atoms. The smallest absolute Gasteiger partial charge is 0.326 e. The summed E-state index contributed by atoms with van der Waals surface area (Å²) in [6, 6.07) is 12.4. The highest BCUT2D eigenvalue weighted by atomic mass is 32.2. The summed E-state index contributed by atoms with van der Waals surface area (Å²) >= 11 is 1.33. The fourth-order valence-electron chi connectivity index (χ4n) is 4.99. The zero-order valence-electron chi connectivity index (χ0n) is 24.6. The SMILES string of the molecule is CC(=NCCCC(=O)Cc1ccc(CC(NC(=O)[C@H]2N(S(=O)(=O)c3ccccc3)C(C)SC2(C)C)C(=O)O)cc1)NC#N. The molecule has 1 fully saturated rings. The summed E-state index contributed by atoms with van der Waals surface area (Å²) in [6.07, 6.45) is 2.87. The second-order valence-corrected chi connectivity index (χ2v) is 14.6. The molecule has 0 aromatic heterocycles. The Morgan fingerprint density at radius 3 is 2.35 bits per heavy atom. The summed E-state index contributed by atoms with van der Waals surface area (Å²) < 4.78 is 27.5. The van der Waals surface area contributed by atoms with Crippen LogP contribution in [0.2, 0.25) is 0 Å². The van der Waals surface area contributed by atoms with Crippen molar-refractivity contribution >= 4 is 45.3 Å². The number of carboxylic acid groups (broad SMARTS) is 1. The second-order valence-electron chi connectivity index (χ2n) is 10.8. The Balaban J connectivity index is 1.66. The average molecular weight is 628 g/mol. The zero-order chi connectivity index (χ0) is 31.8. The summed E-state index contributed by atoms with van der Waals surface area (Å²) in [5.41, 5.74) is 1.41. The Kier molecular flexibility index (Phi) is 11.5. The highest BCUT2D eigenvalue weighted by Gasteiger charge is 2.55. The van der Waals surface area contributed by atoms with Gasteiger partial charge in [0.1, 0.15) is 23.7 Å². The summed E-state index contributed by atoms with van der Waals surface area (Å²) in [6.45, 7) is 7.36. The van der Waals surface area contributed by atoms with E-state index < -0.39 is 44.1 Å². The molecule has 3 rings (SSSR count). The first-order chi connectivity index (χ1) is 20.3. The Bertz CT molecular complexity index is 1490. The van der Waals surface area contributed by atoms with E-state index in [2.05, 4.69) is 15.6 Å². The number of aliphatic carboxylic acids is 1. The predicted molar refractivity (Wildman–Crippen MR) is 165 cm³/mol. The number of nitrogens with zero attached hydrogens (tertiary/aromatic N) is 3. The quantitative estimate of drug-likeness (QED) is 0.0993. The normalized spacial score (nSPS) is 19.3. The zero-order valence-corrected chi connectivity index (χ0v) is 26.2. The van der Waals surface area contributed by atoms with Crippen LogP contribution in [0.1, 0.15) is 51.7 Å². The number of amidine groups is 1. The van der Waals surface area contributed by atoms with Gasteiger partial charge in [-0.1, -0.05) is 42.5 Å². The summed E-state index contributed by atoms with van der Waals surface area (Å²) in [7, 11) is -4.04. The molecule has 0 aliphatic carbocycles. The molecule has 1 saturated heterocycles. The molecule has 43 heavy (non-hydrogen) atoms. The summed E-state index contributed by atoms with van der Waals surface area (Å²) in [4.78, 5) is 42.3. The molecule has 1 amide bonds. The van der Waals surface area contributed by atoms with Gasteiger partial charge in [0.25, 0.3) is 0 Å². The van der Waals surface area contributed by atoms with E-state index in [1.165, 1.54) is 28.2 Å². The molecule has 2 aromatic carbocycles. The van der Waals surface area contributed by atoms with Crippen LogP contribution >= 0.6 is 11.8 Å². The van der Waals surface area contributed by atoms with Gasteiger partial charge in [0.15, 0.2) is 6.19 Å². The number of hydrogen-bond acceptors (Lipinski definition) is 8. The number of benzene rings is 2. The van der Waals surface area contributed by atoms with Gasteiger partial charge in [-0.2, -0.15) is 9.57 Å². The minimum atomic E-state index is -4.04. The van der Waals surface area contributed by atoms with E-state index in [-0.39, 0.29) is 23.5 Å². The molecule has 2 unspecified atom stereocenters. The molecule has 11 nitrogen and oxygen atoms in total. The van der Waals surface area contributed by atoms with Crippen LogP contribution in [-0.4, -0.2) is 70.1 Å².